The molecule has 0 atom stereocenters. The Morgan fingerprint density at radius 3 is 2.58 bits per heavy atom. The van der Waals surface area contributed by atoms with Gasteiger partial charge in [0.05, 0.1) is 5.39 Å². The second-order valence-corrected chi connectivity index (χ2v) is 4.65. The lowest BCUT2D eigenvalue weighted by Crippen LogP contribution is -2.04. The van der Waals surface area contributed by atoms with Gasteiger partial charge in [0, 0.05) is 17.9 Å². The zero-order valence-corrected chi connectivity index (χ0v) is 11.5. The van der Waals surface area contributed by atoms with Crippen LogP contribution in [0.15, 0.2) is 12.1 Å². The Bertz CT molecular complexity index is 609. The quantitative estimate of drug-likeness (QED) is 0.895. The standard InChI is InChI=1S/C15H18F2N2/c1-4-6-10-8-12(18-5-2)13-14(17)9(3)7-11(16)15(13)19-10/h7-8H,4-6H2,1-3H3,(H,18,19). The van der Waals surface area contributed by atoms with Gasteiger partial charge in [-0.25, -0.2) is 13.8 Å². The molecule has 19 heavy (non-hydrogen) atoms. The average molecular weight is 264 g/mol. The van der Waals surface area contributed by atoms with E-state index in [0.717, 1.165) is 18.5 Å². The van der Waals surface area contributed by atoms with Gasteiger partial charge in [-0.1, -0.05) is 13.3 Å². The van der Waals surface area contributed by atoms with Crippen LogP contribution in [0.25, 0.3) is 10.9 Å². The number of halogens is 2. The van der Waals surface area contributed by atoms with Crippen LogP contribution in [0.4, 0.5) is 14.5 Å². The summed E-state index contributed by atoms with van der Waals surface area (Å²) in [6.07, 6.45) is 1.67. The van der Waals surface area contributed by atoms with Crippen LogP contribution in [-0.2, 0) is 6.42 Å². The Balaban J connectivity index is 2.78. The van der Waals surface area contributed by atoms with E-state index in [1.807, 2.05) is 19.9 Å². The van der Waals surface area contributed by atoms with E-state index >= 15 is 0 Å². The summed E-state index contributed by atoms with van der Waals surface area (Å²) < 4.78 is 28.2. The minimum absolute atomic E-state index is 0.116. The topological polar surface area (TPSA) is 24.9 Å². The molecule has 4 heteroatoms. The molecule has 0 aliphatic heterocycles. The highest BCUT2D eigenvalue weighted by molar-refractivity contribution is 5.93. The molecule has 0 saturated heterocycles. The maximum Gasteiger partial charge on any atom is 0.149 e. The van der Waals surface area contributed by atoms with Gasteiger partial charge >= 0.3 is 0 Å². The summed E-state index contributed by atoms with van der Waals surface area (Å²) >= 11 is 0. The van der Waals surface area contributed by atoms with E-state index in [-0.39, 0.29) is 10.9 Å². The van der Waals surface area contributed by atoms with Gasteiger partial charge < -0.3 is 5.32 Å². The summed E-state index contributed by atoms with van der Waals surface area (Å²) in [5.74, 6) is -0.867. The minimum Gasteiger partial charge on any atom is -0.385 e. The third-order valence-electron chi connectivity index (χ3n) is 3.08. The van der Waals surface area contributed by atoms with Crippen LogP contribution in [0.5, 0.6) is 0 Å². The monoisotopic (exact) mass is 264 g/mol. The molecule has 0 spiro atoms. The molecule has 0 radical (unpaired) electrons. The number of nitrogens with one attached hydrogen (secondary N) is 1. The molecular weight excluding hydrogens is 246 g/mol. The first-order valence-electron chi connectivity index (χ1n) is 6.60. The summed E-state index contributed by atoms with van der Waals surface area (Å²) in [4.78, 5) is 4.25. The van der Waals surface area contributed by atoms with Crippen LogP contribution in [0, 0.1) is 18.6 Å². The number of hydrogen-bond donors (Lipinski definition) is 1. The number of anilines is 1. The second kappa shape index (κ2) is 5.51. The van der Waals surface area contributed by atoms with Crippen molar-refractivity contribution in [3.63, 3.8) is 0 Å². The lowest BCUT2D eigenvalue weighted by molar-refractivity contribution is 0.607. The van der Waals surface area contributed by atoms with Gasteiger partial charge in [0.1, 0.15) is 17.2 Å². The largest absolute Gasteiger partial charge is 0.385 e. The highest BCUT2D eigenvalue weighted by Gasteiger charge is 2.16. The number of rotatable bonds is 4. The SMILES string of the molecule is CCCc1cc(NCC)c2c(F)c(C)cc(F)c2n1. The fourth-order valence-corrected chi connectivity index (χ4v) is 2.23. The first-order chi connectivity index (χ1) is 9.08. The predicted molar refractivity (Wildman–Crippen MR) is 74.6 cm³/mol. The fraction of sp³-hybridized carbons (Fsp3) is 0.400. The first kappa shape index (κ1) is 13.7. The minimum atomic E-state index is -0.467. The van der Waals surface area contributed by atoms with Gasteiger partial charge in [0.2, 0.25) is 0 Å². The van der Waals surface area contributed by atoms with Crippen molar-refractivity contribution in [3.05, 3.63) is 35.0 Å². The molecule has 1 aromatic carbocycles. The lowest BCUT2D eigenvalue weighted by Gasteiger charge is -2.13. The molecule has 0 saturated carbocycles. The van der Waals surface area contributed by atoms with Gasteiger partial charge in [-0.15, -0.1) is 0 Å². The molecular formula is C15H18F2N2. The number of hydrogen-bond acceptors (Lipinski definition) is 2. The third-order valence-corrected chi connectivity index (χ3v) is 3.08. The number of pyridine rings is 1. The summed E-state index contributed by atoms with van der Waals surface area (Å²) in [5.41, 5.74) is 1.82. The lowest BCUT2D eigenvalue weighted by atomic mass is 10.1. The molecule has 0 bridgehead atoms. The number of aromatic nitrogens is 1. The first-order valence-corrected chi connectivity index (χ1v) is 6.60. The molecule has 0 unspecified atom stereocenters. The van der Waals surface area contributed by atoms with E-state index in [2.05, 4.69) is 10.3 Å². The number of benzene rings is 1. The molecule has 102 valence electrons. The highest BCUT2D eigenvalue weighted by Crippen LogP contribution is 2.30. The van der Waals surface area contributed by atoms with Crippen molar-refractivity contribution in [2.45, 2.75) is 33.6 Å². The Labute approximate surface area is 111 Å². The van der Waals surface area contributed by atoms with Crippen molar-refractivity contribution >= 4 is 16.6 Å². The van der Waals surface area contributed by atoms with Crippen LogP contribution >= 0.6 is 0 Å². The van der Waals surface area contributed by atoms with E-state index in [1.165, 1.54) is 6.07 Å². The van der Waals surface area contributed by atoms with E-state index in [0.29, 0.717) is 17.8 Å². The number of nitrogens with zero attached hydrogens (tertiary/aromatic N) is 1. The molecule has 1 N–H and O–H groups in total. The Kier molecular flexibility index (Phi) is 3.98. The van der Waals surface area contributed by atoms with E-state index in [9.17, 15) is 8.78 Å². The molecule has 0 fully saturated rings. The molecule has 1 aromatic heterocycles. The van der Waals surface area contributed by atoms with Gasteiger partial charge in [0.15, 0.2) is 0 Å². The Morgan fingerprint density at radius 2 is 1.95 bits per heavy atom. The number of fused-ring (bicyclic) bond motifs is 1. The summed E-state index contributed by atoms with van der Waals surface area (Å²) in [6.45, 7) is 6.17. The molecule has 0 aliphatic carbocycles. The Hall–Kier alpha value is -1.71. The van der Waals surface area contributed by atoms with Crippen LogP contribution in [0.1, 0.15) is 31.5 Å². The van der Waals surface area contributed by atoms with Crippen LogP contribution in [0.3, 0.4) is 0 Å². The molecule has 2 aromatic rings. The van der Waals surface area contributed by atoms with Gasteiger partial charge in [-0.2, -0.15) is 0 Å². The van der Waals surface area contributed by atoms with Crippen molar-refractivity contribution in [3.8, 4) is 0 Å². The normalized spacial score (nSPS) is 11.0. The Morgan fingerprint density at radius 1 is 1.21 bits per heavy atom. The van der Waals surface area contributed by atoms with Gasteiger partial charge in [-0.3, -0.25) is 0 Å². The molecule has 0 aliphatic rings. The molecule has 0 amide bonds. The highest BCUT2D eigenvalue weighted by atomic mass is 19.1. The predicted octanol–water partition coefficient (Wildman–Crippen LogP) is 4.21. The van der Waals surface area contributed by atoms with Gasteiger partial charge in [-0.05, 0) is 38.0 Å². The summed E-state index contributed by atoms with van der Waals surface area (Å²) in [5, 5.41) is 3.35. The molecule has 2 nitrogen and oxygen atoms in total. The van der Waals surface area contributed by atoms with E-state index in [4.69, 9.17) is 0 Å². The van der Waals surface area contributed by atoms with Crippen molar-refractivity contribution in [2.75, 3.05) is 11.9 Å². The fourth-order valence-electron chi connectivity index (χ4n) is 2.23. The molecule has 1 heterocycles. The van der Waals surface area contributed by atoms with Crippen LogP contribution in [0.2, 0.25) is 0 Å². The van der Waals surface area contributed by atoms with Crippen molar-refractivity contribution in [1.82, 2.24) is 4.98 Å². The smallest absolute Gasteiger partial charge is 0.149 e. The molecule has 2 rings (SSSR count). The summed E-state index contributed by atoms with van der Waals surface area (Å²) in [6, 6.07) is 3.02. The van der Waals surface area contributed by atoms with E-state index in [1.54, 1.807) is 6.92 Å². The van der Waals surface area contributed by atoms with Gasteiger partial charge in [0.25, 0.3) is 0 Å². The van der Waals surface area contributed by atoms with Crippen molar-refractivity contribution in [2.24, 2.45) is 0 Å². The van der Waals surface area contributed by atoms with E-state index < -0.39 is 11.6 Å². The van der Waals surface area contributed by atoms with Crippen molar-refractivity contribution < 1.29 is 8.78 Å². The van der Waals surface area contributed by atoms with Crippen LogP contribution < -0.4 is 5.32 Å². The van der Waals surface area contributed by atoms with Crippen LogP contribution in [-0.4, -0.2) is 11.5 Å². The summed E-state index contributed by atoms with van der Waals surface area (Å²) in [7, 11) is 0. The maximum absolute atomic E-state index is 14.2. The third kappa shape index (κ3) is 2.53. The number of aryl methyl sites for hydroxylation is 2. The average Bonchev–Trinajstić information content (AvgIpc) is 2.36. The zero-order valence-electron chi connectivity index (χ0n) is 11.5. The second-order valence-electron chi connectivity index (χ2n) is 4.65. The van der Waals surface area contributed by atoms with Crippen molar-refractivity contribution in [1.29, 1.82) is 0 Å². The maximum atomic E-state index is 14.2. The zero-order chi connectivity index (χ0) is 14.0.